The van der Waals surface area contributed by atoms with Crippen LogP contribution in [-0.4, -0.2) is 22.9 Å². The zero-order valence-corrected chi connectivity index (χ0v) is 11.4. The second kappa shape index (κ2) is 7.55. The van der Waals surface area contributed by atoms with Crippen molar-refractivity contribution in [1.82, 2.24) is 4.90 Å². The number of benzene rings is 1. The van der Waals surface area contributed by atoms with Gasteiger partial charge in [-0.05, 0) is 19.4 Å². The van der Waals surface area contributed by atoms with Gasteiger partial charge in [-0.1, -0.05) is 30.3 Å². The van der Waals surface area contributed by atoms with Crippen molar-refractivity contribution in [3.8, 4) is 0 Å². The summed E-state index contributed by atoms with van der Waals surface area (Å²) in [4.78, 5) is 5.61. The third-order valence-electron chi connectivity index (χ3n) is 2.33. The van der Waals surface area contributed by atoms with E-state index in [4.69, 9.17) is 16.9 Å². The third-order valence-corrected chi connectivity index (χ3v) is 2.33. The van der Waals surface area contributed by atoms with Crippen molar-refractivity contribution in [1.29, 1.82) is 5.41 Å². The lowest BCUT2D eigenvalue weighted by Crippen LogP contribution is -2.37. The second-order valence-corrected chi connectivity index (χ2v) is 4.07. The number of halogens is 1. The summed E-state index contributed by atoms with van der Waals surface area (Å²) in [5.74, 6) is -0.00225. The Labute approximate surface area is 114 Å². The zero-order chi connectivity index (χ0) is 12.8. The van der Waals surface area contributed by atoms with Gasteiger partial charge < -0.3 is 16.4 Å². The molecule has 0 atom stereocenters. The summed E-state index contributed by atoms with van der Waals surface area (Å²) in [5.41, 5.74) is 11.7. The van der Waals surface area contributed by atoms with E-state index in [1.807, 2.05) is 49.1 Å². The molecule has 0 bridgehead atoms. The van der Waals surface area contributed by atoms with Crippen LogP contribution in [0.2, 0.25) is 0 Å². The van der Waals surface area contributed by atoms with Crippen molar-refractivity contribution in [2.45, 2.75) is 26.4 Å². The van der Waals surface area contributed by atoms with Crippen molar-refractivity contribution in [2.24, 2.45) is 16.5 Å². The lowest BCUT2D eigenvalue weighted by molar-refractivity contribution is 0.337. The fourth-order valence-corrected chi connectivity index (χ4v) is 1.47. The van der Waals surface area contributed by atoms with Gasteiger partial charge >= 0.3 is 0 Å². The molecule has 0 fully saturated rings. The van der Waals surface area contributed by atoms with Crippen LogP contribution >= 0.6 is 12.4 Å². The van der Waals surface area contributed by atoms with Gasteiger partial charge in [0, 0.05) is 12.6 Å². The van der Waals surface area contributed by atoms with E-state index in [9.17, 15) is 0 Å². The van der Waals surface area contributed by atoms with E-state index in [0.717, 1.165) is 5.56 Å². The Hall–Kier alpha value is -1.75. The van der Waals surface area contributed by atoms with Gasteiger partial charge in [0.15, 0.2) is 5.96 Å². The minimum atomic E-state index is -0.0892. The highest BCUT2D eigenvalue weighted by Gasteiger charge is 2.13. The third kappa shape index (κ3) is 5.05. The minimum Gasteiger partial charge on any atom is -0.370 e. The average Bonchev–Trinajstić information content (AvgIpc) is 2.25. The van der Waals surface area contributed by atoms with E-state index in [0.29, 0.717) is 6.54 Å². The van der Waals surface area contributed by atoms with E-state index in [-0.39, 0.29) is 30.4 Å². The summed E-state index contributed by atoms with van der Waals surface area (Å²) in [7, 11) is 0. The summed E-state index contributed by atoms with van der Waals surface area (Å²) in [6.45, 7) is 4.62. The summed E-state index contributed by atoms with van der Waals surface area (Å²) in [5, 5.41) is 7.83. The number of hydrogen-bond acceptors (Lipinski definition) is 1. The predicted molar refractivity (Wildman–Crippen MR) is 77.9 cm³/mol. The van der Waals surface area contributed by atoms with E-state index in [1.165, 1.54) is 0 Å². The number of nitrogens with zero attached hydrogens (tertiary/aromatic N) is 2. The van der Waals surface area contributed by atoms with E-state index in [2.05, 4.69) is 4.99 Å². The Morgan fingerprint density at radius 2 is 1.83 bits per heavy atom. The molecule has 0 saturated heterocycles. The molecule has 0 saturated carbocycles. The van der Waals surface area contributed by atoms with E-state index < -0.39 is 0 Å². The van der Waals surface area contributed by atoms with Crippen LogP contribution in [-0.2, 0) is 6.54 Å². The normalized spacial score (nSPS) is 9.50. The molecule has 0 heterocycles. The zero-order valence-electron chi connectivity index (χ0n) is 10.6. The Kier molecular flexibility index (Phi) is 6.82. The first-order chi connectivity index (χ1) is 8.00. The molecule has 0 aromatic heterocycles. The molecule has 0 spiro atoms. The topological polar surface area (TPSA) is 91.5 Å². The number of nitrogens with one attached hydrogen (secondary N) is 1. The van der Waals surface area contributed by atoms with Crippen LogP contribution in [0.1, 0.15) is 19.4 Å². The van der Waals surface area contributed by atoms with Crippen LogP contribution in [0.15, 0.2) is 35.3 Å². The van der Waals surface area contributed by atoms with Gasteiger partial charge in [-0.15, -0.1) is 12.4 Å². The molecule has 0 aliphatic rings. The first-order valence-corrected chi connectivity index (χ1v) is 5.49. The molecule has 1 aromatic carbocycles. The molecule has 0 unspecified atom stereocenters. The molecule has 0 aliphatic carbocycles. The molecule has 1 rings (SSSR count). The first kappa shape index (κ1) is 16.2. The number of guanidine groups is 2. The maximum Gasteiger partial charge on any atom is 0.221 e. The summed E-state index contributed by atoms with van der Waals surface area (Å²) >= 11 is 0. The molecule has 1 aromatic rings. The number of aliphatic imine (C=N–C) groups is 1. The van der Waals surface area contributed by atoms with E-state index >= 15 is 0 Å². The standard InChI is InChI=1S/C12H19N5.ClH/c1-9(2)17(12(15)16-11(13)14)8-10-6-4-3-5-7-10;/h3-7,9H,8H2,1-2H3,(H5,13,14,15,16);1H. The molecular weight excluding hydrogens is 250 g/mol. The summed E-state index contributed by atoms with van der Waals surface area (Å²) in [6.07, 6.45) is 0. The van der Waals surface area contributed by atoms with E-state index in [1.54, 1.807) is 0 Å². The van der Waals surface area contributed by atoms with Crippen LogP contribution in [0.5, 0.6) is 0 Å². The van der Waals surface area contributed by atoms with Crippen molar-refractivity contribution in [2.75, 3.05) is 0 Å². The monoisotopic (exact) mass is 269 g/mol. The summed E-state index contributed by atoms with van der Waals surface area (Å²) < 4.78 is 0. The van der Waals surface area contributed by atoms with Gasteiger partial charge in [-0.25, -0.2) is 0 Å². The molecule has 18 heavy (non-hydrogen) atoms. The van der Waals surface area contributed by atoms with Gasteiger partial charge in [0.25, 0.3) is 0 Å². The first-order valence-electron chi connectivity index (χ1n) is 5.49. The van der Waals surface area contributed by atoms with Crippen LogP contribution < -0.4 is 11.5 Å². The fourth-order valence-electron chi connectivity index (χ4n) is 1.47. The average molecular weight is 270 g/mol. The smallest absolute Gasteiger partial charge is 0.221 e. The second-order valence-electron chi connectivity index (χ2n) is 4.07. The highest BCUT2D eigenvalue weighted by Crippen LogP contribution is 2.08. The van der Waals surface area contributed by atoms with Crippen molar-refractivity contribution >= 4 is 24.3 Å². The SMILES string of the molecule is CC(C)N(Cc1ccccc1)C(=N)N=C(N)N.Cl. The maximum absolute atomic E-state index is 7.83. The fraction of sp³-hybridized carbons (Fsp3) is 0.333. The van der Waals surface area contributed by atoms with Gasteiger partial charge in [-0.3, -0.25) is 5.41 Å². The van der Waals surface area contributed by atoms with Gasteiger partial charge in [0.05, 0.1) is 0 Å². The lowest BCUT2D eigenvalue weighted by atomic mass is 10.2. The summed E-state index contributed by atoms with van der Waals surface area (Å²) in [6, 6.07) is 10.1. The van der Waals surface area contributed by atoms with Crippen molar-refractivity contribution in [3.05, 3.63) is 35.9 Å². The van der Waals surface area contributed by atoms with Gasteiger partial charge in [0.2, 0.25) is 5.96 Å². The van der Waals surface area contributed by atoms with Crippen LogP contribution in [0, 0.1) is 5.41 Å². The molecule has 5 nitrogen and oxygen atoms in total. The molecule has 0 amide bonds. The number of nitrogens with two attached hydrogens (primary N) is 2. The number of hydrogen-bond donors (Lipinski definition) is 3. The number of rotatable bonds is 3. The molecule has 6 heteroatoms. The van der Waals surface area contributed by atoms with Gasteiger partial charge in [0.1, 0.15) is 0 Å². The Morgan fingerprint density at radius 3 is 2.28 bits per heavy atom. The molecule has 100 valence electrons. The molecule has 0 aliphatic heterocycles. The Morgan fingerprint density at radius 1 is 1.28 bits per heavy atom. The quantitative estimate of drug-likeness (QED) is 0.574. The van der Waals surface area contributed by atoms with Crippen LogP contribution in [0.4, 0.5) is 0 Å². The largest absolute Gasteiger partial charge is 0.370 e. The van der Waals surface area contributed by atoms with Crippen molar-refractivity contribution in [3.63, 3.8) is 0 Å². The van der Waals surface area contributed by atoms with Gasteiger partial charge in [-0.2, -0.15) is 4.99 Å². The Bertz CT molecular complexity index is 398. The van der Waals surface area contributed by atoms with Crippen molar-refractivity contribution < 1.29 is 0 Å². The molecular formula is C12H20ClN5. The predicted octanol–water partition coefficient (Wildman–Crippen LogP) is 1.53. The van der Waals surface area contributed by atoms with Crippen LogP contribution in [0.3, 0.4) is 0 Å². The highest BCUT2D eigenvalue weighted by atomic mass is 35.5. The molecule has 0 radical (unpaired) electrons. The maximum atomic E-state index is 7.83. The molecule has 5 N–H and O–H groups in total. The minimum absolute atomic E-state index is 0. The highest BCUT2D eigenvalue weighted by molar-refractivity contribution is 5.91. The Balaban J connectivity index is 0.00000289. The van der Waals surface area contributed by atoms with Crippen LogP contribution in [0.25, 0.3) is 0 Å². The lowest BCUT2D eigenvalue weighted by Gasteiger charge is -2.26.